The lowest BCUT2D eigenvalue weighted by Gasteiger charge is -2.01. The Balaban J connectivity index is 2.82. The van der Waals surface area contributed by atoms with Crippen molar-refractivity contribution in [3.8, 4) is 0 Å². The SMILES string of the molecule is CCCC(=O)c1cccc(CC(=O)O)c1. The zero-order chi connectivity index (χ0) is 11.3. The van der Waals surface area contributed by atoms with Crippen LogP contribution in [-0.4, -0.2) is 16.9 Å². The van der Waals surface area contributed by atoms with Crippen molar-refractivity contribution in [3.05, 3.63) is 35.4 Å². The highest BCUT2D eigenvalue weighted by Crippen LogP contribution is 2.09. The van der Waals surface area contributed by atoms with Gasteiger partial charge in [-0.05, 0) is 18.1 Å². The topological polar surface area (TPSA) is 54.4 Å². The Kier molecular flexibility index (Phi) is 4.03. The molecular weight excluding hydrogens is 192 g/mol. The summed E-state index contributed by atoms with van der Waals surface area (Å²) < 4.78 is 0. The Labute approximate surface area is 88.7 Å². The number of hydrogen-bond donors (Lipinski definition) is 1. The first kappa shape index (κ1) is 11.4. The number of carbonyl (C=O) groups is 2. The van der Waals surface area contributed by atoms with E-state index in [0.717, 1.165) is 6.42 Å². The van der Waals surface area contributed by atoms with Crippen molar-refractivity contribution < 1.29 is 14.7 Å². The minimum atomic E-state index is -0.880. The molecule has 0 saturated carbocycles. The highest BCUT2D eigenvalue weighted by atomic mass is 16.4. The van der Waals surface area contributed by atoms with Gasteiger partial charge in [-0.25, -0.2) is 0 Å². The molecule has 0 aliphatic rings. The summed E-state index contributed by atoms with van der Waals surface area (Å²) >= 11 is 0. The molecule has 0 aliphatic heterocycles. The second-order valence-corrected chi connectivity index (χ2v) is 3.44. The van der Waals surface area contributed by atoms with E-state index in [-0.39, 0.29) is 12.2 Å². The van der Waals surface area contributed by atoms with E-state index in [1.165, 1.54) is 0 Å². The van der Waals surface area contributed by atoms with Gasteiger partial charge in [0.05, 0.1) is 6.42 Å². The number of carboxylic acids is 1. The van der Waals surface area contributed by atoms with Crippen LogP contribution in [0, 0.1) is 0 Å². The molecule has 0 aromatic heterocycles. The fourth-order valence-electron chi connectivity index (χ4n) is 1.40. The van der Waals surface area contributed by atoms with Crippen LogP contribution in [0.25, 0.3) is 0 Å². The molecule has 1 aromatic rings. The molecule has 0 amide bonds. The lowest BCUT2D eigenvalue weighted by molar-refractivity contribution is -0.136. The molecular formula is C12H14O3. The van der Waals surface area contributed by atoms with Gasteiger partial charge in [-0.1, -0.05) is 25.1 Å². The van der Waals surface area contributed by atoms with Crippen LogP contribution in [-0.2, 0) is 11.2 Å². The maximum atomic E-state index is 11.5. The molecule has 0 aliphatic carbocycles. The minimum Gasteiger partial charge on any atom is -0.481 e. The minimum absolute atomic E-state index is 0.0345. The number of carboxylic acid groups (broad SMARTS) is 1. The summed E-state index contributed by atoms with van der Waals surface area (Å²) in [5, 5.41) is 8.61. The van der Waals surface area contributed by atoms with Crippen molar-refractivity contribution in [1.82, 2.24) is 0 Å². The van der Waals surface area contributed by atoms with Crippen molar-refractivity contribution in [2.24, 2.45) is 0 Å². The van der Waals surface area contributed by atoms with E-state index in [1.807, 2.05) is 6.92 Å². The lowest BCUT2D eigenvalue weighted by atomic mass is 10.0. The van der Waals surface area contributed by atoms with E-state index in [4.69, 9.17) is 5.11 Å². The summed E-state index contributed by atoms with van der Waals surface area (Å²) in [4.78, 5) is 22.0. The van der Waals surface area contributed by atoms with Crippen molar-refractivity contribution in [2.45, 2.75) is 26.2 Å². The van der Waals surface area contributed by atoms with Gasteiger partial charge in [-0.2, -0.15) is 0 Å². The van der Waals surface area contributed by atoms with Crippen LogP contribution in [0.3, 0.4) is 0 Å². The van der Waals surface area contributed by atoms with Crippen LogP contribution in [0.1, 0.15) is 35.7 Å². The van der Waals surface area contributed by atoms with E-state index in [0.29, 0.717) is 17.5 Å². The molecule has 0 heterocycles. The molecule has 0 saturated heterocycles. The average Bonchev–Trinajstić information content (AvgIpc) is 2.17. The molecule has 0 atom stereocenters. The number of rotatable bonds is 5. The molecule has 15 heavy (non-hydrogen) atoms. The molecule has 0 bridgehead atoms. The number of ketones is 1. The highest BCUT2D eigenvalue weighted by Gasteiger charge is 2.06. The predicted molar refractivity (Wildman–Crippen MR) is 57.0 cm³/mol. The third-order valence-electron chi connectivity index (χ3n) is 2.08. The predicted octanol–water partition coefficient (Wildman–Crippen LogP) is 2.30. The first-order valence-corrected chi connectivity index (χ1v) is 4.97. The first-order chi connectivity index (χ1) is 7.13. The Hall–Kier alpha value is -1.64. The number of Topliss-reactive ketones (excluding diaryl/α,β-unsaturated/α-hetero) is 1. The summed E-state index contributed by atoms with van der Waals surface area (Å²) in [5.41, 5.74) is 1.28. The molecule has 3 nitrogen and oxygen atoms in total. The van der Waals surface area contributed by atoms with Crippen LogP contribution in [0.2, 0.25) is 0 Å². The van der Waals surface area contributed by atoms with Crippen LogP contribution < -0.4 is 0 Å². The Morgan fingerprint density at radius 2 is 2.07 bits per heavy atom. The van der Waals surface area contributed by atoms with Crippen LogP contribution in [0.15, 0.2) is 24.3 Å². The largest absolute Gasteiger partial charge is 0.481 e. The van der Waals surface area contributed by atoms with Crippen LogP contribution >= 0.6 is 0 Å². The zero-order valence-electron chi connectivity index (χ0n) is 8.69. The van der Waals surface area contributed by atoms with Gasteiger partial charge >= 0.3 is 5.97 Å². The van der Waals surface area contributed by atoms with Crippen molar-refractivity contribution in [2.75, 3.05) is 0 Å². The number of aliphatic carboxylic acids is 1. The van der Waals surface area contributed by atoms with Crippen LogP contribution in [0.4, 0.5) is 0 Å². The molecule has 0 fully saturated rings. The first-order valence-electron chi connectivity index (χ1n) is 4.97. The van der Waals surface area contributed by atoms with Gasteiger partial charge in [0.2, 0.25) is 0 Å². The Morgan fingerprint density at radius 3 is 2.67 bits per heavy atom. The molecule has 0 radical (unpaired) electrons. The number of hydrogen-bond acceptors (Lipinski definition) is 2. The third kappa shape index (κ3) is 3.54. The fraction of sp³-hybridized carbons (Fsp3) is 0.333. The number of benzene rings is 1. The maximum absolute atomic E-state index is 11.5. The summed E-state index contributed by atoms with van der Waals surface area (Å²) in [7, 11) is 0. The normalized spacial score (nSPS) is 9.93. The van der Waals surface area contributed by atoms with E-state index < -0.39 is 5.97 Å². The van der Waals surface area contributed by atoms with E-state index in [9.17, 15) is 9.59 Å². The molecule has 3 heteroatoms. The standard InChI is InChI=1S/C12H14O3/c1-2-4-11(13)10-6-3-5-9(7-10)8-12(14)15/h3,5-7H,2,4,8H2,1H3,(H,14,15). The van der Waals surface area contributed by atoms with Crippen molar-refractivity contribution >= 4 is 11.8 Å². The quantitative estimate of drug-likeness (QED) is 0.752. The molecule has 80 valence electrons. The lowest BCUT2D eigenvalue weighted by Crippen LogP contribution is -2.03. The third-order valence-corrected chi connectivity index (χ3v) is 2.08. The summed E-state index contributed by atoms with van der Waals surface area (Å²) in [5.74, 6) is -0.806. The maximum Gasteiger partial charge on any atom is 0.307 e. The zero-order valence-corrected chi connectivity index (χ0v) is 8.69. The summed E-state index contributed by atoms with van der Waals surface area (Å²) in [6.45, 7) is 1.94. The van der Waals surface area contributed by atoms with Gasteiger partial charge in [0, 0.05) is 12.0 Å². The summed E-state index contributed by atoms with van der Waals surface area (Å²) in [6, 6.07) is 6.83. The number of carbonyl (C=O) groups excluding carboxylic acids is 1. The fourth-order valence-corrected chi connectivity index (χ4v) is 1.40. The average molecular weight is 206 g/mol. The molecule has 0 spiro atoms. The smallest absolute Gasteiger partial charge is 0.307 e. The van der Waals surface area contributed by atoms with E-state index in [1.54, 1.807) is 24.3 Å². The van der Waals surface area contributed by atoms with Crippen LogP contribution in [0.5, 0.6) is 0 Å². The molecule has 0 unspecified atom stereocenters. The highest BCUT2D eigenvalue weighted by molar-refractivity contribution is 5.96. The molecule has 1 rings (SSSR count). The molecule has 1 N–H and O–H groups in total. The summed E-state index contributed by atoms with van der Waals surface area (Å²) in [6.07, 6.45) is 1.28. The van der Waals surface area contributed by atoms with Gasteiger partial charge < -0.3 is 5.11 Å². The van der Waals surface area contributed by atoms with Gasteiger partial charge in [-0.15, -0.1) is 0 Å². The van der Waals surface area contributed by atoms with Crippen molar-refractivity contribution in [3.63, 3.8) is 0 Å². The van der Waals surface area contributed by atoms with Crippen molar-refractivity contribution in [1.29, 1.82) is 0 Å². The van der Waals surface area contributed by atoms with Gasteiger partial charge in [0.1, 0.15) is 0 Å². The Morgan fingerprint density at radius 1 is 1.33 bits per heavy atom. The monoisotopic (exact) mass is 206 g/mol. The van der Waals surface area contributed by atoms with E-state index in [2.05, 4.69) is 0 Å². The second kappa shape index (κ2) is 5.29. The van der Waals surface area contributed by atoms with Gasteiger partial charge in [0.25, 0.3) is 0 Å². The second-order valence-electron chi connectivity index (χ2n) is 3.44. The van der Waals surface area contributed by atoms with Gasteiger partial charge in [-0.3, -0.25) is 9.59 Å². The Bertz CT molecular complexity index is 369. The van der Waals surface area contributed by atoms with E-state index >= 15 is 0 Å². The van der Waals surface area contributed by atoms with Gasteiger partial charge in [0.15, 0.2) is 5.78 Å². The molecule has 1 aromatic carbocycles.